The summed E-state index contributed by atoms with van der Waals surface area (Å²) in [4.78, 5) is 22.3. The van der Waals surface area contributed by atoms with E-state index in [0.29, 0.717) is 17.9 Å². The maximum atomic E-state index is 13.0. The molecule has 2 aromatic rings. The number of rotatable bonds is 4. The van der Waals surface area contributed by atoms with E-state index in [1.807, 2.05) is 23.3 Å². The zero-order valence-electron chi connectivity index (χ0n) is 16.6. The molecule has 1 atom stereocenters. The highest BCUT2D eigenvalue weighted by atomic mass is 32.1. The lowest BCUT2D eigenvalue weighted by atomic mass is 9.93. The van der Waals surface area contributed by atoms with E-state index in [-0.39, 0.29) is 6.04 Å². The van der Waals surface area contributed by atoms with Crippen molar-refractivity contribution in [1.29, 1.82) is 0 Å². The molecule has 0 spiro atoms. The Balaban J connectivity index is 1.34. The van der Waals surface area contributed by atoms with Crippen molar-refractivity contribution >= 4 is 27.5 Å². The molecule has 0 radical (unpaired) electrons. The van der Waals surface area contributed by atoms with Gasteiger partial charge in [0.2, 0.25) is 5.91 Å². The Morgan fingerprint density at radius 1 is 1.15 bits per heavy atom. The molecule has 5 heteroatoms. The number of carbonyl (C=O) groups excluding carboxylic acids is 1. The van der Waals surface area contributed by atoms with Gasteiger partial charge in [-0.2, -0.15) is 0 Å². The molecule has 0 unspecified atom stereocenters. The van der Waals surface area contributed by atoms with Crippen LogP contribution in [0.2, 0.25) is 0 Å². The van der Waals surface area contributed by atoms with Crippen LogP contribution in [0, 0.1) is 0 Å². The molecule has 1 aliphatic carbocycles. The van der Waals surface area contributed by atoms with Gasteiger partial charge >= 0.3 is 0 Å². The normalized spacial score (nSPS) is 21.4. The predicted molar refractivity (Wildman–Crippen MR) is 112 cm³/mol. The summed E-state index contributed by atoms with van der Waals surface area (Å²) in [5.74, 6) is 0.845. The molecule has 1 saturated heterocycles. The SMILES string of the molecule is C[C@@H](C(=O)N(C)C1CCCCC1)N1CCC(c2nc3ccccc3s2)CC1. The second kappa shape index (κ2) is 8.27. The van der Waals surface area contributed by atoms with E-state index in [1.165, 1.54) is 41.8 Å². The van der Waals surface area contributed by atoms with Gasteiger partial charge in [-0.05, 0) is 57.8 Å². The molecular formula is C22H31N3OS. The van der Waals surface area contributed by atoms with Crippen molar-refractivity contribution < 1.29 is 4.79 Å². The van der Waals surface area contributed by atoms with E-state index < -0.39 is 0 Å². The molecule has 1 aromatic heterocycles. The molecule has 0 bridgehead atoms. The summed E-state index contributed by atoms with van der Waals surface area (Å²) >= 11 is 1.84. The number of carbonyl (C=O) groups is 1. The van der Waals surface area contributed by atoms with Crippen LogP contribution in [0.5, 0.6) is 0 Å². The number of hydrogen-bond acceptors (Lipinski definition) is 4. The Morgan fingerprint density at radius 2 is 1.85 bits per heavy atom. The molecule has 2 aliphatic rings. The monoisotopic (exact) mass is 385 g/mol. The van der Waals surface area contributed by atoms with E-state index in [0.717, 1.165) is 31.4 Å². The highest BCUT2D eigenvalue weighted by Crippen LogP contribution is 2.34. The molecule has 0 N–H and O–H groups in total. The Kier molecular flexibility index (Phi) is 5.79. The van der Waals surface area contributed by atoms with Gasteiger partial charge in [0.25, 0.3) is 0 Å². The van der Waals surface area contributed by atoms with Crippen molar-refractivity contribution in [3.05, 3.63) is 29.3 Å². The Hall–Kier alpha value is -1.46. The standard InChI is InChI=1S/C22H31N3OS/c1-16(22(26)24(2)18-8-4-3-5-9-18)25-14-12-17(13-15-25)21-23-19-10-6-7-11-20(19)27-21/h6-7,10-11,16-18H,3-5,8-9,12-15H2,1-2H3/t16-/m0/s1. The number of thiazole rings is 1. The van der Waals surface area contributed by atoms with Gasteiger partial charge in [-0.1, -0.05) is 31.4 Å². The van der Waals surface area contributed by atoms with Crippen LogP contribution >= 0.6 is 11.3 Å². The summed E-state index contributed by atoms with van der Waals surface area (Å²) in [6.07, 6.45) is 8.42. The molecule has 146 valence electrons. The molecule has 2 fully saturated rings. The first-order chi connectivity index (χ1) is 13.1. The first kappa shape index (κ1) is 18.9. The zero-order chi connectivity index (χ0) is 18.8. The fourth-order valence-electron chi connectivity index (χ4n) is 4.70. The van der Waals surface area contributed by atoms with E-state index >= 15 is 0 Å². The van der Waals surface area contributed by atoms with Crippen molar-refractivity contribution in [2.45, 2.75) is 69.9 Å². The van der Waals surface area contributed by atoms with Crippen LogP contribution < -0.4 is 0 Å². The van der Waals surface area contributed by atoms with Crippen LogP contribution in [-0.2, 0) is 4.79 Å². The highest BCUT2D eigenvalue weighted by molar-refractivity contribution is 7.18. The lowest BCUT2D eigenvalue weighted by molar-refractivity contribution is -0.138. The number of para-hydroxylation sites is 1. The topological polar surface area (TPSA) is 36.4 Å². The van der Waals surface area contributed by atoms with Crippen LogP contribution in [0.15, 0.2) is 24.3 Å². The van der Waals surface area contributed by atoms with Crippen molar-refractivity contribution in [3.63, 3.8) is 0 Å². The maximum Gasteiger partial charge on any atom is 0.239 e. The van der Waals surface area contributed by atoms with Crippen LogP contribution in [0.4, 0.5) is 0 Å². The van der Waals surface area contributed by atoms with E-state index in [1.54, 1.807) is 0 Å². The average Bonchev–Trinajstić information content (AvgIpc) is 3.17. The molecular weight excluding hydrogens is 354 g/mol. The molecule has 1 saturated carbocycles. The van der Waals surface area contributed by atoms with Gasteiger partial charge in [0.15, 0.2) is 0 Å². The van der Waals surface area contributed by atoms with Gasteiger partial charge in [0.1, 0.15) is 0 Å². The number of fused-ring (bicyclic) bond motifs is 1. The fraction of sp³-hybridized carbons (Fsp3) is 0.636. The van der Waals surface area contributed by atoms with Gasteiger partial charge in [-0.25, -0.2) is 4.98 Å². The number of likely N-dealkylation sites (tertiary alicyclic amines) is 1. The number of benzene rings is 1. The fourth-order valence-corrected chi connectivity index (χ4v) is 5.83. The van der Waals surface area contributed by atoms with Crippen LogP contribution in [0.3, 0.4) is 0 Å². The third-order valence-electron chi connectivity index (χ3n) is 6.56. The first-order valence-electron chi connectivity index (χ1n) is 10.5. The van der Waals surface area contributed by atoms with E-state index in [4.69, 9.17) is 4.98 Å². The van der Waals surface area contributed by atoms with E-state index in [9.17, 15) is 4.79 Å². The smallest absolute Gasteiger partial charge is 0.239 e. The summed E-state index contributed by atoms with van der Waals surface area (Å²) in [6, 6.07) is 8.86. The van der Waals surface area contributed by atoms with Crippen LogP contribution in [0.25, 0.3) is 10.2 Å². The average molecular weight is 386 g/mol. The summed E-state index contributed by atoms with van der Waals surface area (Å²) in [7, 11) is 2.02. The Labute approximate surface area is 166 Å². The summed E-state index contributed by atoms with van der Waals surface area (Å²) in [5.41, 5.74) is 1.12. The van der Waals surface area contributed by atoms with Gasteiger partial charge in [-0.3, -0.25) is 9.69 Å². The minimum Gasteiger partial charge on any atom is -0.341 e. The molecule has 1 aromatic carbocycles. The van der Waals surface area contributed by atoms with Crippen LogP contribution in [0.1, 0.15) is 62.8 Å². The third kappa shape index (κ3) is 4.04. The van der Waals surface area contributed by atoms with Crippen molar-refractivity contribution in [3.8, 4) is 0 Å². The summed E-state index contributed by atoms with van der Waals surface area (Å²) in [6.45, 7) is 4.08. The van der Waals surface area contributed by atoms with Crippen molar-refractivity contribution in [2.24, 2.45) is 0 Å². The van der Waals surface area contributed by atoms with Gasteiger partial charge in [0.05, 0.1) is 21.3 Å². The lowest BCUT2D eigenvalue weighted by Gasteiger charge is -2.39. The largest absolute Gasteiger partial charge is 0.341 e. The van der Waals surface area contributed by atoms with Crippen molar-refractivity contribution in [2.75, 3.05) is 20.1 Å². The van der Waals surface area contributed by atoms with Gasteiger partial charge in [-0.15, -0.1) is 11.3 Å². The summed E-state index contributed by atoms with van der Waals surface area (Å²) in [5, 5.41) is 1.27. The van der Waals surface area contributed by atoms with Crippen molar-refractivity contribution in [1.82, 2.24) is 14.8 Å². The first-order valence-corrected chi connectivity index (χ1v) is 11.3. The number of amides is 1. The number of hydrogen-bond donors (Lipinski definition) is 0. The summed E-state index contributed by atoms with van der Waals surface area (Å²) < 4.78 is 1.28. The molecule has 27 heavy (non-hydrogen) atoms. The third-order valence-corrected chi connectivity index (χ3v) is 7.76. The second-order valence-electron chi connectivity index (χ2n) is 8.25. The molecule has 1 amide bonds. The minimum absolute atomic E-state index is 0.00626. The van der Waals surface area contributed by atoms with Gasteiger partial charge in [0, 0.05) is 19.0 Å². The predicted octanol–water partition coefficient (Wildman–Crippen LogP) is 4.66. The van der Waals surface area contributed by atoms with Gasteiger partial charge < -0.3 is 4.90 Å². The van der Waals surface area contributed by atoms with Crippen LogP contribution in [-0.4, -0.2) is 52.9 Å². The second-order valence-corrected chi connectivity index (χ2v) is 9.31. The van der Waals surface area contributed by atoms with E-state index in [2.05, 4.69) is 36.1 Å². The number of nitrogens with zero attached hydrogens (tertiary/aromatic N) is 3. The zero-order valence-corrected chi connectivity index (χ0v) is 17.4. The number of piperidine rings is 1. The minimum atomic E-state index is -0.00626. The highest BCUT2D eigenvalue weighted by Gasteiger charge is 2.32. The molecule has 4 rings (SSSR count). The number of likely N-dealkylation sites (N-methyl/N-ethyl adjacent to an activating group) is 1. The number of aromatic nitrogens is 1. The molecule has 4 nitrogen and oxygen atoms in total. The Bertz CT molecular complexity index is 742. The molecule has 2 heterocycles. The quantitative estimate of drug-likeness (QED) is 0.768. The lowest BCUT2D eigenvalue weighted by Crippen LogP contribution is -2.51. The maximum absolute atomic E-state index is 13.0. The Morgan fingerprint density at radius 3 is 2.56 bits per heavy atom. The molecule has 1 aliphatic heterocycles.